The van der Waals surface area contributed by atoms with E-state index in [2.05, 4.69) is 5.32 Å². The summed E-state index contributed by atoms with van der Waals surface area (Å²) in [7, 11) is 1.92. The molecule has 2 aromatic carbocycles. The average molecular weight is 357 g/mol. The molecule has 0 saturated heterocycles. The Hall–Kier alpha value is -3.00. The number of likely N-dealkylation sites (N-methyl/N-ethyl adjacent to an activating group) is 1. The summed E-state index contributed by atoms with van der Waals surface area (Å²) in [5.41, 5.74) is 3.19. The first-order chi connectivity index (χ1) is 12.4. The average Bonchev–Trinajstić information content (AvgIpc) is 2.92. The van der Waals surface area contributed by atoms with Gasteiger partial charge in [-0.3, -0.25) is 14.9 Å². The van der Waals surface area contributed by atoms with Crippen molar-refractivity contribution < 1.29 is 19.2 Å². The van der Waals surface area contributed by atoms with Crippen molar-refractivity contribution >= 4 is 11.6 Å². The quantitative estimate of drug-likeness (QED) is 0.636. The van der Waals surface area contributed by atoms with E-state index >= 15 is 0 Å². The second kappa shape index (κ2) is 5.77. The van der Waals surface area contributed by atoms with Crippen LogP contribution in [0.4, 0.5) is 10.1 Å². The van der Waals surface area contributed by atoms with E-state index in [1.807, 2.05) is 11.9 Å². The van der Waals surface area contributed by atoms with Crippen molar-refractivity contribution in [2.45, 2.75) is 19.0 Å². The fourth-order valence-corrected chi connectivity index (χ4v) is 3.78. The molecule has 8 heteroatoms. The van der Waals surface area contributed by atoms with Crippen molar-refractivity contribution in [1.82, 2.24) is 4.90 Å². The largest absolute Gasteiger partial charge is 0.507 e. The van der Waals surface area contributed by atoms with Crippen molar-refractivity contribution in [3.05, 3.63) is 56.9 Å². The number of hydrogen-bond acceptors (Lipinski definition) is 5. The highest BCUT2D eigenvalue weighted by Gasteiger charge is 2.43. The van der Waals surface area contributed by atoms with E-state index in [0.717, 1.165) is 23.7 Å². The molecular formula is C18H16FN3O4. The summed E-state index contributed by atoms with van der Waals surface area (Å²) < 4.78 is 13.8. The van der Waals surface area contributed by atoms with Crippen LogP contribution in [-0.2, 0) is 17.8 Å². The minimum Gasteiger partial charge on any atom is -0.507 e. The zero-order valence-electron chi connectivity index (χ0n) is 14.0. The third kappa shape index (κ3) is 2.41. The number of amides is 1. The summed E-state index contributed by atoms with van der Waals surface area (Å²) in [5, 5.41) is 24.3. The Bertz CT molecular complexity index is 960. The summed E-state index contributed by atoms with van der Waals surface area (Å²) in [6, 6.07) is 3.66. The predicted molar refractivity (Wildman–Crippen MR) is 91.9 cm³/mol. The number of fused-ring (bicyclic) bond motifs is 3. The number of rotatable bonds is 2. The minimum absolute atomic E-state index is 0.109. The van der Waals surface area contributed by atoms with E-state index in [4.69, 9.17) is 0 Å². The third-order valence-corrected chi connectivity index (χ3v) is 5.00. The van der Waals surface area contributed by atoms with Crippen molar-refractivity contribution in [3.8, 4) is 16.9 Å². The Morgan fingerprint density at radius 3 is 2.81 bits per heavy atom. The fraction of sp³-hybridized carbons (Fsp3) is 0.278. The number of hydrogen-bond donors (Lipinski definition) is 2. The highest BCUT2D eigenvalue weighted by molar-refractivity contribution is 6.04. The molecule has 2 heterocycles. The summed E-state index contributed by atoms with van der Waals surface area (Å²) >= 11 is 0. The van der Waals surface area contributed by atoms with Crippen molar-refractivity contribution in [2.75, 3.05) is 18.9 Å². The summed E-state index contributed by atoms with van der Waals surface area (Å²) in [6.07, 6.45) is 0.628. The lowest BCUT2D eigenvalue weighted by molar-refractivity contribution is -0.511. The second-order valence-electron chi connectivity index (χ2n) is 6.67. The molecule has 1 amide bonds. The van der Waals surface area contributed by atoms with Gasteiger partial charge in [0.15, 0.2) is 0 Å². The molecule has 134 valence electrons. The van der Waals surface area contributed by atoms with Crippen LogP contribution in [0.5, 0.6) is 5.75 Å². The molecular weight excluding hydrogens is 341 g/mol. The number of benzene rings is 2. The Morgan fingerprint density at radius 2 is 2.08 bits per heavy atom. The van der Waals surface area contributed by atoms with Gasteiger partial charge in [-0.2, -0.15) is 0 Å². The van der Waals surface area contributed by atoms with Gasteiger partial charge in [0.2, 0.25) is 0 Å². The van der Waals surface area contributed by atoms with E-state index in [0.29, 0.717) is 24.2 Å². The normalized spacial score (nSPS) is 19.0. The molecule has 26 heavy (non-hydrogen) atoms. The molecule has 0 fully saturated rings. The van der Waals surface area contributed by atoms with Gasteiger partial charge in [0.05, 0.1) is 11.3 Å². The van der Waals surface area contributed by atoms with E-state index in [1.54, 1.807) is 6.07 Å². The lowest BCUT2D eigenvalue weighted by atomic mass is 9.86. The summed E-state index contributed by atoms with van der Waals surface area (Å²) in [6.45, 7) is 1.26. The van der Waals surface area contributed by atoms with E-state index in [9.17, 15) is 24.4 Å². The van der Waals surface area contributed by atoms with Gasteiger partial charge in [0.25, 0.3) is 0 Å². The maximum Gasteiger partial charge on any atom is 0.317 e. The number of nitrogens with zero attached hydrogens (tertiary/aromatic N) is 2. The minimum atomic E-state index is -1.50. The number of phenolic OH excluding ortho intramolecular Hbond substituents is 1. The Morgan fingerprint density at radius 1 is 1.31 bits per heavy atom. The van der Waals surface area contributed by atoms with Gasteiger partial charge in [-0.25, -0.2) is 4.39 Å². The molecule has 0 radical (unpaired) electrons. The first-order valence-corrected chi connectivity index (χ1v) is 8.17. The van der Waals surface area contributed by atoms with E-state index in [-0.39, 0.29) is 16.9 Å². The smallest absolute Gasteiger partial charge is 0.317 e. The standard InChI is InChI=1S/C18H16FN3O4/c1-21-5-4-10-11(12-6-9(19)2-3-15(12)23)7-13-16(14(10)8-21)20-18(24)17(13)22(25)26/h2-3,6-7,17,23H,4-5,8H2,1H3,(H,20,24). The van der Waals surface area contributed by atoms with Gasteiger partial charge in [0, 0.05) is 23.6 Å². The molecule has 1 atom stereocenters. The molecule has 2 aromatic rings. The maximum atomic E-state index is 13.8. The first-order valence-electron chi connectivity index (χ1n) is 8.17. The summed E-state index contributed by atoms with van der Waals surface area (Å²) in [4.78, 5) is 24.9. The molecule has 0 spiro atoms. The fourth-order valence-electron chi connectivity index (χ4n) is 3.78. The van der Waals surface area contributed by atoms with Gasteiger partial charge in [-0.05, 0) is 54.4 Å². The monoisotopic (exact) mass is 357 g/mol. The number of aromatic hydroxyl groups is 1. The topological polar surface area (TPSA) is 95.7 Å². The van der Waals surface area contributed by atoms with Gasteiger partial charge >= 0.3 is 11.9 Å². The molecule has 1 unspecified atom stereocenters. The molecule has 0 bridgehead atoms. The van der Waals surface area contributed by atoms with Gasteiger partial charge in [0.1, 0.15) is 11.6 Å². The lowest BCUT2D eigenvalue weighted by Crippen LogP contribution is -2.27. The van der Waals surface area contributed by atoms with Crippen molar-refractivity contribution in [3.63, 3.8) is 0 Å². The zero-order chi connectivity index (χ0) is 18.6. The highest BCUT2D eigenvalue weighted by atomic mass is 19.1. The van der Waals surface area contributed by atoms with Crippen LogP contribution in [0.3, 0.4) is 0 Å². The van der Waals surface area contributed by atoms with Gasteiger partial charge in [-0.1, -0.05) is 0 Å². The van der Waals surface area contributed by atoms with E-state index < -0.39 is 22.7 Å². The van der Waals surface area contributed by atoms with Crippen LogP contribution in [0.25, 0.3) is 11.1 Å². The number of halogens is 1. The molecule has 0 aliphatic carbocycles. The van der Waals surface area contributed by atoms with Crippen LogP contribution in [0.15, 0.2) is 24.3 Å². The Labute approximate surface area is 148 Å². The first kappa shape index (κ1) is 16.5. The number of anilines is 1. The zero-order valence-corrected chi connectivity index (χ0v) is 14.0. The SMILES string of the molecule is CN1CCc2c(-c3cc(F)ccc3O)cc3c(c2C1)NC(=O)C3[N+](=O)[O-]. The van der Waals surface area contributed by atoms with Crippen molar-refractivity contribution in [1.29, 1.82) is 0 Å². The molecule has 7 nitrogen and oxygen atoms in total. The van der Waals surface area contributed by atoms with Gasteiger partial charge < -0.3 is 15.3 Å². The van der Waals surface area contributed by atoms with Crippen LogP contribution >= 0.6 is 0 Å². The number of phenols is 1. The molecule has 0 aromatic heterocycles. The van der Waals surface area contributed by atoms with Crippen LogP contribution in [0.1, 0.15) is 22.7 Å². The third-order valence-electron chi connectivity index (χ3n) is 5.00. The molecule has 2 aliphatic heterocycles. The molecule has 2 N–H and O–H groups in total. The van der Waals surface area contributed by atoms with Crippen LogP contribution in [-0.4, -0.2) is 34.4 Å². The van der Waals surface area contributed by atoms with Crippen LogP contribution in [0.2, 0.25) is 0 Å². The predicted octanol–water partition coefficient (Wildman–Crippen LogP) is 2.46. The van der Waals surface area contributed by atoms with Crippen LogP contribution in [0, 0.1) is 15.9 Å². The summed E-state index contributed by atoms with van der Waals surface area (Å²) in [5.74, 6) is -1.30. The van der Waals surface area contributed by atoms with Crippen molar-refractivity contribution in [2.24, 2.45) is 0 Å². The second-order valence-corrected chi connectivity index (χ2v) is 6.67. The highest BCUT2D eigenvalue weighted by Crippen LogP contribution is 2.45. The molecule has 0 saturated carbocycles. The number of carbonyl (C=O) groups excluding carboxylic acids is 1. The van der Waals surface area contributed by atoms with Gasteiger partial charge in [-0.15, -0.1) is 0 Å². The maximum absolute atomic E-state index is 13.8. The van der Waals surface area contributed by atoms with Crippen LogP contribution < -0.4 is 5.32 Å². The molecule has 4 rings (SSSR count). The van der Waals surface area contributed by atoms with E-state index in [1.165, 1.54) is 12.1 Å². The number of nitro groups is 1. The number of carbonyl (C=O) groups is 1. The Balaban J connectivity index is 2.02. The lowest BCUT2D eigenvalue weighted by Gasteiger charge is -2.29. The Kier molecular flexibility index (Phi) is 3.66. The number of nitrogens with one attached hydrogen (secondary N) is 1. The molecule has 2 aliphatic rings.